The number of benzene rings is 1. The lowest BCUT2D eigenvalue weighted by Gasteiger charge is -2.29. The first-order chi connectivity index (χ1) is 9.56. The van der Waals surface area contributed by atoms with Gasteiger partial charge in [0.05, 0.1) is 13.2 Å². The number of rotatable bonds is 5. The third-order valence-corrected chi connectivity index (χ3v) is 3.37. The highest BCUT2D eigenvalue weighted by Gasteiger charge is 2.14. The van der Waals surface area contributed by atoms with Gasteiger partial charge in [0, 0.05) is 43.9 Å². The summed E-state index contributed by atoms with van der Waals surface area (Å²) in [6.45, 7) is 6.18. The molecule has 0 aliphatic carbocycles. The van der Waals surface area contributed by atoms with Gasteiger partial charge >= 0.3 is 0 Å². The van der Waals surface area contributed by atoms with Crippen LogP contribution in [0.2, 0.25) is 0 Å². The molecule has 2 rings (SSSR count). The zero-order chi connectivity index (χ0) is 14.5. The van der Waals surface area contributed by atoms with Crippen molar-refractivity contribution in [3.8, 4) is 0 Å². The van der Waals surface area contributed by atoms with Crippen LogP contribution in [0.25, 0.3) is 0 Å². The maximum atomic E-state index is 13.5. The second kappa shape index (κ2) is 7.06. The molecule has 1 heterocycles. The third kappa shape index (κ3) is 4.19. The molecule has 0 bridgehead atoms. The van der Waals surface area contributed by atoms with Crippen molar-refractivity contribution in [2.75, 3.05) is 32.8 Å². The minimum Gasteiger partial charge on any atom is -0.379 e. The zero-order valence-electron chi connectivity index (χ0n) is 11.5. The summed E-state index contributed by atoms with van der Waals surface area (Å²) in [5.74, 6) is -2.91. The van der Waals surface area contributed by atoms with Crippen molar-refractivity contribution in [2.45, 2.75) is 19.5 Å². The molecule has 3 nitrogen and oxygen atoms in total. The first kappa shape index (κ1) is 15.3. The fourth-order valence-corrected chi connectivity index (χ4v) is 2.22. The van der Waals surface area contributed by atoms with Gasteiger partial charge in [-0.05, 0) is 13.0 Å². The summed E-state index contributed by atoms with van der Waals surface area (Å²) in [6, 6.07) is 1.61. The molecule has 1 unspecified atom stereocenters. The van der Waals surface area contributed by atoms with Gasteiger partial charge in [-0.25, -0.2) is 13.2 Å². The van der Waals surface area contributed by atoms with Gasteiger partial charge in [-0.15, -0.1) is 0 Å². The Morgan fingerprint density at radius 1 is 1.15 bits per heavy atom. The number of morpholine rings is 1. The van der Waals surface area contributed by atoms with Crippen molar-refractivity contribution in [3.63, 3.8) is 0 Å². The fourth-order valence-electron chi connectivity index (χ4n) is 2.22. The average Bonchev–Trinajstić information content (AvgIpc) is 2.42. The molecular formula is C14H19F3N2O. The van der Waals surface area contributed by atoms with Crippen LogP contribution in [-0.4, -0.2) is 43.8 Å². The lowest BCUT2D eigenvalue weighted by molar-refractivity contribution is 0.0343. The number of nitrogens with one attached hydrogen (secondary N) is 1. The van der Waals surface area contributed by atoms with E-state index in [1.54, 1.807) is 0 Å². The molecule has 1 saturated heterocycles. The minimum absolute atomic E-state index is 0.126. The predicted octanol–water partition coefficient (Wildman–Crippen LogP) is 1.91. The van der Waals surface area contributed by atoms with Crippen LogP contribution in [-0.2, 0) is 11.3 Å². The molecule has 1 N–H and O–H groups in total. The normalized spacial score (nSPS) is 18.2. The predicted molar refractivity (Wildman–Crippen MR) is 69.9 cm³/mol. The monoisotopic (exact) mass is 288 g/mol. The van der Waals surface area contributed by atoms with Gasteiger partial charge < -0.3 is 10.1 Å². The van der Waals surface area contributed by atoms with Gasteiger partial charge in [0.25, 0.3) is 0 Å². The Bertz CT molecular complexity index is 450. The highest BCUT2D eigenvalue weighted by molar-refractivity contribution is 5.20. The lowest BCUT2D eigenvalue weighted by atomic mass is 10.2. The van der Waals surface area contributed by atoms with Gasteiger partial charge in [0.15, 0.2) is 11.6 Å². The summed E-state index contributed by atoms with van der Waals surface area (Å²) < 4.78 is 44.6. The molecule has 1 aliphatic heterocycles. The molecule has 0 amide bonds. The van der Waals surface area contributed by atoms with E-state index in [4.69, 9.17) is 4.74 Å². The highest BCUT2D eigenvalue weighted by Crippen LogP contribution is 2.13. The first-order valence-electron chi connectivity index (χ1n) is 6.73. The Kier molecular flexibility index (Phi) is 5.39. The van der Waals surface area contributed by atoms with Gasteiger partial charge in [0.2, 0.25) is 0 Å². The van der Waals surface area contributed by atoms with E-state index in [1.165, 1.54) is 0 Å². The van der Waals surface area contributed by atoms with Crippen molar-refractivity contribution >= 4 is 0 Å². The van der Waals surface area contributed by atoms with Gasteiger partial charge in [-0.3, -0.25) is 4.90 Å². The summed E-state index contributed by atoms with van der Waals surface area (Å²) in [4.78, 5) is 2.25. The molecule has 112 valence electrons. The Morgan fingerprint density at radius 2 is 1.80 bits per heavy atom. The van der Waals surface area contributed by atoms with E-state index in [0.29, 0.717) is 6.07 Å². The van der Waals surface area contributed by atoms with Crippen molar-refractivity contribution in [2.24, 2.45) is 0 Å². The smallest absolute Gasteiger partial charge is 0.161 e. The standard InChI is InChI=1S/C14H19F3N2O/c1-10(9-19-2-4-20-5-3-19)18-8-11-6-13(16)14(17)7-12(11)15/h6-7,10,18H,2-5,8-9H2,1H3. The van der Waals surface area contributed by atoms with Crippen molar-refractivity contribution in [3.05, 3.63) is 35.1 Å². The molecule has 0 spiro atoms. The van der Waals surface area contributed by atoms with Crippen LogP contribution in [0.3, 0.4) is 0 Å². The van der Waals surface area contributed by atoms with E-state index >= 15 is 0 Å². The zero-order valence-corrected chi connectivity index (χ0v) is 11.5. The molecule has 0 radical (unpaired) electrons. The molecule has 1 aromatic rings. The van der Waals surface area contributed by atoms with Crippen LogP contribution >= 0.6 is 0 Å². The largest absolute Gasteiger partial charge is 0.379 e. The van der Waals surface area contributed by atoms with Crippen LogP contribution in [0.15, 0.2) is 12.1 Å². The summed E-state index contributed by atoms with van der Waals surface area (Å²) in [5.41, 5.74) is 0.137. The number of hydrogen-bond acceptors (Lipinski definition) is 3. The lowest BCUT2D eigenvalue weighted by Crippen LogP contribution is -2.44. The number of ether oxygens (including phenoxy) is 1. The second-order valence-electron chi connectivity index (χ2n) is 5.05. The molecule has 1 fully saturated rings. The Balaban J connectivity index is 1.83. The van der Waals surface area contributed by atoms with Crippen LogP contribution in [0.4, 0.5) is 13.2 Å². The quantitative estimate of drug-likeness (QED) is 0.838. The number of hydrogen-bond donors (Lipinski definition) is 1. The van der Waals surface area contributed by atoms with Crippen molar-refractivity contribution < 1.29 is 17.9 Å². The van der Waals surface area contributed by atoms with Gasteiger partial charge in [0.1, 0.15) is 5.82 Å². The number of halogens is 3. The number of nitrogens with zero attached hydrogens (tertiary/aromatic N) is 1. The summed E-state index contributed by atoms with van der Waals surface area (Å²) >= 11 is 0. The Labute approximate surface area is 116 Å². The van der Waals surface area contributed by atoms with E-state index in [0.717, 1.165) is 38.9 Å². The van der Waals surface area contributed by atoms with Crippen LogP contribution in [0.5, 0.6) is 0 Å². The van der Waals surface area contributed by atoms with E-state index in [9.17, 15) is 13.2 Å². The molecule has 0 aromatic heterocycles. The van der Waals surface area contributed by atoms with E-state index < -0.39 is 17.5 Å². The molecule has 1 aromatic carbocycles. The molecule has 0 saturated carbocycles. The van der Waals surface area contributed by atoms with Crippen molar-refractivity contribution in [1.82, 2.24) is 10.2 Å². The fraction of sp³-hybridized carbons (Fsp3) is 0.571. The van der Waals surface area contributed by atoms with E-state index in [2.05, 4.69) is 10.2 Å². The van der Waals surface area contributed by atoms with Crippen molar-refractivity contribution in [1.29, 1.82) is 0 Å². The van der Waals surface area contributed by atoms with E-state index in [1.807, 2.05) is 6.92 Å². The van der Waals surface area contributed by atoms with Crippen LogP contribution in [0.1, 0.15) is 12.5 Å². The maximum Gasteiger partial charge on any atom is 0.161 e. The second-order valence-corrected chi connectivity index (χ2v) is 5.05. The summed E-state index contributed by atoms with van der Waals surface area (Å²) in [6.07, 6.45) is 0. The van der Waals surface area contributed by atoms with Crippen LogP contribution in [0, 0.1) is 17.5 Å². The molecule has 1 atom stereocenters. The van der Waals surface area contributed by atoms with E-state index in [-0.39, 0.29) is 18.2 Å². The third-order valence-electron chi connectivity index (χ3n) is 3.37. The maximum absolute atomic E-state index is 13.5. The Hall–Kier alpha value is -1.11. The average molecular weight is 288 g/mol. The van der Waals surface area contributed by atoms with Gasteiger partial charge in [-0.2, -0.15) is 0 Å². The Morgan fingerprint density at radius 3 is 2.50 bits per heavy atom. The van der Waals surface area contributed by atoms with Gasteiger partial charge in [-0.1, -0.05) is 0 Å². The minimum atomic E-state index is -1.16. The molecular weight excluding hydrogens is 269 g/mol. The molecule has 1 aliphatic rings. The topological polar surface area (TPSA) is 24.5 Å². The SMILES string of the molecule is CC(CN1CCOCC1)NCc1cc(F)c(F)cc1F. The molecule has 20 heavy (non-hydrogen) atoms. The summed E-state index contributed by atoms with van der Waals surface area (Å²) in [7, 11) is 0. The van der Waals surface area contributed by atoms with Crippen LogP contribution < -0.4 is 5.32 Å². The molecule has 6 heteroatoms. The summed E-state index contributed by atoms with van der Waals surface area (Å²) in [5, 5.41) is 3.12. The first-order valence-corrected chi connectivity index (χ1v) is 6.73. The highest BCUT2D eigenvalue weighted by atomic mass is 19.2.